The number of hydrogen-bond donors (Lipinski definition) is 0. The molecule has 1 heterocycles. The van der Waals surface area contributed by atoms with Gasteiger partial charge in [-0.25, -0.2) is 4.79 Å². The van der Waals surface area contributed by atoms with Crippen molar-refractivity contribution in [1.29, 1.82) is 0 Å². The molecule has 0 spiro atoms. The molecule has 17 heavy (non-hydrogen) atoms. The number of aryl methyl sites for hydroxylation is 1. The summed E-state index contributed by atoms with van der Waals surface area (Å²) in [4.78, 5) is 11.8. The molecule has 4 heteroatoms. The van der Waals surface area contributed by atoms with Gasteiger partial charge in [0.25, 0.3) is 0 Å². The molecule has 2 aromatic rings. The van der Waals surface area contributed by atoms with Crippen LogP contribution in [0.5, 0.6) is 0 Å². The molecule has 0 aliphatic heterocycles. The first kappa shape index (κ1) is 11.9. The summed E-state index contributed by atoms with van der Waals surface area (Å²) < 4.78 is 7.93. The van der Waals surface area contributed by atoms with E-state index in [-0.39, 0.29) is 12.6 Å². The van der Waals surface area contributed by atoms with Crippen LogP contribution >= 0.6 is 15.9 Å². The minimum Gasteiger partial charge on any atom is -0.456 e. The Hall–Kier alpha value is -1.55. The molecular formula is C13H12BrNO2. The maximum atomic E-state index is 11.8. The van der Waals surface area contributed by atoms with Gasteiger partial charge in [-0.3, -0.25) is 0 Å². The number of halogens is 1. The SMILES string of the molecule is Cn1cccc1C(=O)OCc1ccccc1Br. The van der Waals surface area contributed by atoms with Crippen molar-refractivity contribution in [2.24, 2.45) is 7.05 Å². The Bertz CT molecular complexity index is 534. The van der Waals surface area contributed by atoms with E-state index < -0.39 is 0 Å². The normalized spacial score (nSPS) is 10.2. The fourth-order valence-corrected chi connectivity index (χ4v) is 1.91. The number of hydrogen-bond acceptors (Lipinski definition) is 2. The molecule has 0 atom stereocenters. The zero-order valence-electron chi connectivity index (χ0n) is 9.39. The predicted octanol–water partition coefficient (Wildman–Crippen LogP) is 3.14. The van der Waals surface area contributed by atoms with Gasteiger partial charge < -0.3 is 9.30 Å². The van der Waals surface area contributed by atoms with Crippen LogP contribution in [-0.4, -0.2) is 10.5 Å². The third kappa shape index (κ3) is 2.77. The minimum absolute atomic E-state index is 0.269. The summed E-state index contributed by atoms with van der Waals surface area (Å²) in [7, 11) is 1.81. The Morgan fingerprint density at radius 3 is 2.71 bits per heavy atom. The molecule has 0 aliphatic rings. The van der Waals surface area contributed by atoms with E-state index in [1.807, 2.05) is 43.6 Å². The lowest BCUT2D eigenvalue weighted by Gasteiger charge is -2.07. The van der Waals surface area contributed by atoms with Gasteiger partial charge in [0.1, 0.15) is 12.3 Å². The first-order valence-corrected chi connectivity index (χ1v) is 5.99. The number of aromatic nitrogens is 1. The average molecular weight is 294 g/mol. The first-order chi connectivity index (χ1) is 8.18. The van der Waals surface area contributed by atoms with Crippen LogP contribution in [0, 0.1) is 0 Å². The maximum Gasteiger partial charge on any atom is 0.355 e. The zero-order chi connectivity index (χ0) is 12.3. The largest absolute Gasteiger partial charge is 0.456 e. The van der Waals surface area contributed by atoms with Gasteiger partial charge in [0, 0.05) is 23.3 Å². The number of esters is 1. The van der Waals surface area contributed by atoms with Gasteiger partial charge in [-0.05, 0) is 18.2 Å². The van der Waals surface area contributed by atoms with Crippen molar-refractivity contribution in [1.82, 2.24) is 4.57 Å². The first-order valence-electron chi connectivity index (χ1n) is 5.20. The van der Waals surface area contributed by atoms with Crippen LogP contribution in [0.4, 0.5) is 0 Å². The summed E-state index contributed by atoms with van der Waals surface area (Å²) in [5, 5.41) is 0. The second kappa shape index (κ2) is 5.19. The number of rotatable bonds is 3. The molecule has 0 bridgehead atoms. The quantitative estimate of drug-likeness (QED) is 0.814. The molecule has 1 aromatic carbocycles. The Morgan fingerprint density at radius 1 is 1.29 bits per heavy atom. The summed E-state index contributed by atoms with van der Waals surface area (Å²) >= 11 is 3.41. The Balaban J connectivity index is 2.02. The van der Waals surface area contributed by atoms with Crippen LogP contribution in [-0.2, 0) is 18.4 Å². The average Bonchev–Trinajstić information content (AvgIpc) is 2.74. The van der Waals surface area contributed by atoms with Gasteiger partial charge in [0.2, 0.25) is 0 Å². The number of carbonyl (C=O) groups excluding carboxylic acids is 1. The second-order valence-electron chi connectivity index (χ2n) is 3.67. The van der Waals surface area contributed by atoms with Crippen LogP contribution in [0.25, 0.3) is 0 Å². The summed E-state index contributed by atoms with van der Waals surface area (Å²) in [5.41, 5.74) is 1.51. The van der Waals surface area contributed by atoms with E-state index in [1.54, 1.807) is 10.6 Å². The molecule has 0 saturated heterocycles. The van der Waals surface area contributed by atoms with Crippen molar-refractivity contribution >= 4 is 21.9 Å². The van der Waals surface area contributed by atoms with Crippen LogP contribution in [0.3, 0.4) is 0 Å². The lowest BCUT2D eigenvalue weighted by molar-refractivity contribution is 0.0461. The molecule has 88 valence electrons. The molecule has 0 amide bonds. The van der Waals surface area contributed by atoms with E-state index in [4.69, 9.17) is 4.74 Å². The molecule has 1 aromatic heterocycles. The fraction of sp³-hybridized carbons (Fsp3) is 0.154. The topological polar surface area (TPSA) is 31.2 Å². The second-order valence-corrected chi connectivity index (χ2v) is 4.53. The molecule has 0 unspecified atom stereocenters. The van der Waals surface area contributed by atoms with Gasteiger partial charge in [-0.15, -0.1) is 0 Å². The number of nitrogens with zero attached hydrogens (tertiary/aromatic N) is 1. The third-order valence-corrected chi connectivity index (χ3v) is 3.24. The van der Waals surface area contributed by atoms with Gasteiger partial charge in [-0.2, -0.15) is 0 Å². The van der Waals surface area contributed by atoms with Crippen LogP contribution < -0.4 is 0 Å². The van der Waals surface area contributed by atoms with Crippen molar-refractivity contribution < 1.29 is 9.53 Å². The van der Waals surface area contributed by atoms with Gasteiger partial charge >= 0.3 is 5.97 Å². The Morgan fingerprint density at radius 2 is 2.06 bits per heavy atom. The molecule has 0 saturated carbocycles. The zero-order valence-corrected chi connectivity index (χ0v) is 11.0. The smallest absolute Gasteiger partial charge is 0.355 e. The molecule has 0 radical (unpaired) electrons. The van der Waals surface area contributed by atoms with Crippen molar-refractivity contribution in [3.05, 3.63) is 58.3 Å². The minimum atomic E-state index is -0.312. The highest BCUT2D eigenvalue weighted by molar-refractivity contribution is 9.10. The fourth-order valence-electron chi connectivity index (χ4n) is 1.51. The van der Waals surface area contributed by atoms with Gasteiger partial charge in [0.05, 0.1) is 0 Å². The van der Waals surface area contributed by atoms with E-state index in [0.717, 1.165) is 10.0 Å². The van der Waals surface area contributed by atoms with Gasteiger partial charge in [-0.1, -0.05) is 34.1 Å². The highest BCUT2D eigenvalue weighted by Crippen LogP contribution is 2.17. The number of benzene rings is 1. The lowest BCUT2D eigenvalue weighted by Crippen LogP contribution is -2.09. The van der Waals surface area contributed by atoms with E-state index in [1.165, 1.54) is 0 Å². The number of carbonyl (C=O) groups is 1. The van der Waals surface area contributed by atoms with E-state index in [2.05, 4.69) is 15.9 Å². The standard InChI is InChI=1S/C13H12BrNO2/c1-15-8-4-7-12(15)13(16)17-9-10-5-2-3-6-11(10)14/h2-8H,9H2,1H3. The monoisotopic (exact) mass is 293 g/mol. The van der Waals surface area contributed by atoms with E-state index in [9.17, 15) is 4.79 Å². The van der Waals surface area contributed by atoms with Crippen LogP contribution in [0.2, 0.25) is 0 Å². The predicted molar refractivity (Wildman–Crippen MR) is 68.7 cm³/mol. The maximum absolute atomic E-state index is 11.8. The van der Waals surface area contributed by atoms with E-state index >= 15 is 0 Å². The molecule has 0 fully saturated rings. The highest BCUT2D eigenvalue weighted by atomic mass is 79.9. The summed E-state index contributed by atoms with van der Waals surface area (Å²) in [6, 6.07) is 11.2. The Labute approximate surface area is 108 Å². The Kier molecular flexibility index (Phi) is 3.64. The van der Waals surface area contributed by atoms with Crippen molar-refractivity contribution in [3.8, 4) is 0 Å². The molecule has 0 N–H and O–H groups in total. The lowest BCUT2D eigenvalue weighted by atomic mass is 10.2. The van der Waals surface area contributed by atoms with Gasteiger partial charge in [0.15, 0.2) is 0 Å². The molecule has 0 aliphatic carbocycles. The molecule has 3 nitrogen and oxygen atoms in total. The van der Waals surface area contributed by atoms with Crippen LogP contribution in [0.15, 0.2) is 47.1 Å². The van der Waals surface area contributed by atoms with E-state index in [0.29, 0.717) is 5.69 Å². The molecule has 2 rings (SSSR count). The summed E-state index contributed by atoms with van der Waals surface area (Å²) in [6.07, 6.45) is 1.81. The van der Waals surface area contributed by atoms with Crippen molar-refractivity contribution in [3.63, 3.8) is 0 Å². The number of ether oxygens (including phenoxy) is 1. The summed E-state index contributed by atoms with van der Waals surface area (Å²) in [5.74, 6) is -0.312. The summed E-state index contributed by atoms with van der Waals surface area (Å²) in [6.45, 7) is 0.269. The van der Waals surface area contributed by atoms with Crippen molar-refractivity contribution in [2.45, 2.75) is 6.61 Å². The van der Waals surface area contributed by atoms with Crippen LogP contribution in [0.1, 0.15) is 16.1 Å². The van der Waals surface area contributed by atoms with Crippen molar-refractivity contribution in [2.75, 3.05) is 0 Å². The molecular weight excluding hydrogens is 282 g/mol. The highest BCUT2D eigenvalue weighted by Gasteiger charge is 2.10. The third-order valence-electron chi connectivity index (χ3n) is 2.47.